The molecule has 368 valence electrons. The van der Waals surface area contributed by atoms with E-state index in [1.54, 1.807) is 0 Å². The molecule has 2 fully saturated rings. The average Bonchev–Trinajstić information content (AvgIpc) is 3.69. The Hall–Kier alpha value is -3.08. The molecule has 2 aliphatic heterocycles. The van der Waals surface area contributed by atoms with Crippen LogP contribution in [0.25, 0.3) is 0 Å². The first-order valence-corrected chi connectivity index (χ1v) is 30.1. The number of aromatic amines is 2. The molecule has 0 bridgehead atoms. The van der Waals surface area contributed by atoms with Gasteiger partial charge in [0.1, 0.15) is 30.2 Å². The van der Waals surface area contributed by atoms with Gasteiger partial charge < -0.3 is 27.6 Å². The summed E-state index contributed by atoms with van der Waals surface area (Å²) in [7, 11) is -9.65. The molecule has 65 heavy (non-hydrogen) atoms. The zero-order chi connectivity index (χ0) is 48.8. The molecule has 2 aromatic heterocycles. The smallest absolute Gasteiger partial charge is 0.330 e. The fourth-order valence-corrected chi connectivity index (χ4v) is 16.9. The topological polar surface area (TPSA) is 226 Å². The first-order valence-electron chi connectivity index (χ1n) is 23.1. The molecule has 2 N–H and O–H groups in total. The van der Waals surface area contributed by atoms with E-state index in [-0.39, 0.29) is 40.3 Å². The Morgan fingerprint density at radius 3 is 1.72 bits per heavy atom. The number of carbonyl (C=O) groups excluding carboxylic acids is 2. The molecule has 0 spiro atoms. The van der Waals surface area contributed by atoms with Gasteiger partial charge in [0.2, 0.25) is 8.32 Å². The van der Waals surface area contributed by atoms with Crippen molar-refractivity contribution in [3.8, 4) is 0 Å². The number of carbonyl (C=O) groups is 2. The quantitative estimate of drug-likeness (QED) is 0.0482. The van der Waals surface area contributed by atoms with Crippen LogP contribution in [0, 0.1) is 0 Å². The largest absolute Gasteiger partial charge is 0.457 e. The second-order valence-corrected chi connectivity index (χ2v) is 32.1. The van der Waals surface area contributed by atoms with Gasteiger partial charge in [0, 0.05) is 44.0 Å². The lowest BCUT2D eigenvalue weighted by Gasteiger charge is -2.45. The number of ketones is 1. The molecule has 2 aromatic rings. The van der Waals surface area contributed by atoms with E-state index < -0.39 is 108 Å². The van der Waals surface area contributed by atoms with Gasteiger partial charge in [-0.2, -0.15) is 0 Å². The number of hydrogen-bond acceptors (Lipinski definition) is 14. The maximum Gasteiger partial charge on any atom is 0.330 e. The van der Waals surface area contributed by atoms with E-state index >= 15 is 0 Å². The van der Waals surface area contributed by atoms with Gasteiger partial charge >= 0.3 is 24.9 Å². The molecule has 21 heteroatoms. The van der Waals surface area contributed by atoms with E-state index in [2.05, 4.69) is 72.3 Å². The molecule has 2 aliphatic rings. The summed E-state index contributed by atoms with van der Waals surface area (Å²) in [5.74, 6) is -0.761. The van der Waals surface area contributed by atoms with Crippen molar-refractivity contribution in [1.29, 1.82) is 0 Å². The van der Waals surface area contributed by atoms with Crippen LogP contribution < -0.4 is 22.5 Å². The molecule has 0 amide bonds. The monoisotopic (exact) mass is 970 g/mol. The van der Waals surface area contributed by atoms with Crippen LogP contribution in [0.3, 0.4) is 0 Å². The summed E-state index contributed by atoms with van der Waals surface area (Å²) in [4.78, 5) is 82.0. The minimum Gasteiger partial charge on any atom is -0.457 e. The van der Waals surface area contributed by atoms with Crippen LogP contribution in [-0.2, 0) is 46.3 Å². The van der Waals surface area contributed by atoms with E-state index in [1.807, 2.05) is 26.9 Å². The van der Waals surface area contributed by atoms with Crippen LogP contribution in [0.15, 0.2) is 43.7 Å². The molecule has 2 saturated heterocycles. The van der Waals surface area contributed by atoms with Gasteiger partial charge in [0.15, 0.2) is 26.9 Å². The Labute approximate surface area is 384 Å². The third-order valence-corrected chi connectivity index (χ3v) is 25.0. The maximum absolute atomic E-state index is 14.7. The highest BCUT2D eigenvalue weighted by Crippen LogP contribution is 2.53. The number of Topliss-reactive ketones (excluding diaryl/α,β-unsaturated/α-hetero) is 1. The number of H-pyrrole nitrogens is 2. The van der Waals surface area contributed by atoms with Gasteiger partial charge in [-0.15, -0.1) is 0 Å². The molecule has 0 aliphatic carbocycles. The maximum atomic E-state index is 14.7. The zero-order valence-electron chi connectivity index (χ0n) is 40.9. The highest BCUT2D eigenvalue weighted by atomic mass is 31.2. The predicted molar refractivity (Wildman–Crippen MR) is 251 cm³/mol. The number of aromatic nitrogens is 4. The average molecular weight is 971 g/mol. The van der Waals surface area contributed by atoms with Crippen molar-refractivity contribution < 1.29 is 46.3 Å². The lowest BCUT2D eigenvalue weighted by molar-refractivity contribution is -0.156. The van der Waals surface area contributed by atoms with Crippen molar-refractivity contribution in [3.05, 3.63) is 66.2 Å². The van der Waals surface area contributed by atoms with Crippen molar-refractivity contribution in [1.82, 2.24) is 19.1 Å². The van der Waals surface area contributed by atoms with Crippen LogP contribution in [0.5, 0.6) is 0 Å². The van der Waals surface area contributed by atoms with Crippen LogP contribution in [0.2, 0.25) is 34.8 Å². The predicted octanol–water partition coefficient (Wildman–Crippen LogP) is 7.31. The highest BCUT2D eigenvalue weighted by molar-refractivity contribution is 7.53. The molecular weight excluding hydrogens is 896 g/mol. The lowest BCUT2D eigenvalue weighted by atomic mass is 10.1. The Kier molecular flexibility index (Phi) is 18.8. The number of unbranched alkanes of at least 4 members (excludes halogenated alkanes) is 2. The van der Waals surface area contributed by atoms with E-state index in [4.69, 9.17) is 32.1 Å². The number of esters is 1. The summed E-state index contributed by atoms with van der Waals surface area (Å²) in [5.41, 5.74) is -2.58. The third kappa shape index (κ3) is 13.1. The number of hydrogen-bond donors (Lipinski definition) is 2. The van der Waals surface area contributed by atoms with Crippen LogP contribution >= 0.6 is 7.60 Å². The van der Waals surface area contributed by atoms with Gasteiger partial charge in [-0.05, 0) is 47.6 Å². The fourth-order valence-electron chi connectivity index (χ4n) is 8.87. The van der Waals surface area contributed by atoms with Crippen LogP contribution in [-0.4, -0.2) is 97.4 Å². The molecule has 18 nitrogen and oxygen atoms in total. The number of nitrogens with one attached hydrogen (secondary N) is 2. The van der Waals surface area contributed by atoms with Gasteiger partial charge in [0.25, 0.3) is 11.1 Å². The van der Waals surface area contributed by atoms with E-state index in [0.29, 0.717) is 12.8 Å². The Morgan fingerprint density at radius 1 is 0.754 bits per heavy atom. The SMILES string of the molecule is CCCCCC(=O)CCC(=O)O[C@@H]1C(O[Si](C(C)C)(C(C)C)C(C)C)[C@H](n2ccc(=O)[nH]c2=O)O[C@@H]1COP(C)(=O)O[C@@H]1C(O[Si](C)(C)C(C)(C)C)[C@H](n2ccc(=O)[nH]c2=O)O[C@@H]1CC. The van der Waals surface area contributed by atoms with Crippen molar-refractivity contribution in [2.24, 2.45) is 0 Å². The molecule has 0 radical (unpaired) electrons. The van der Waals surface area contributed by atoms with Crippen molar-refractivity contribution in [2.75, 3.05) is 13.3 Å². The van der Waals surface area contributed by atoms with Gasteiger partial charge in [0.05, 0.1) is 19.1 Å². The van der Waals surface area contributed by atoms with Gasteiger partial charge in [-0.25, -0.2) is 9.59 Å². The standard InChI is InChI=1S/C44H75N4O14PSi2/c1-15-17-18-19-30(49)20-21-35(52)59-36-32(58-40(47-24-22-33(50)45-42(47)53)38(36)62-65(27(3)4,28(5)6)29(7)8)26-56-63(12,55)60-37-31(16-2)57-41(48-25-23-34(51)46-43(48)54)39(37)61-64(13,14)44(9,10)11/h22-25,27-29,31-32,36-41H,15-21,26H2,1-14H3,(H,45,50,53)(H,46,51,54)/t31-,32-,36+,37+,38?,39?,40-,41-,63?/m1/s1. The van der Waals surface area contributed by atoms with E-state index in [0.717, 1.165) is 19.3 Å². The number of rotatable bonds is 23. The molecule has 4 heterocycles. The number of nitrogens with zero attached hydrogens (tertiary/aromatic N) is 2. The Morgan fingerprint density at radius 2 is 1.26 bits per heavy atom. The van der Waals surface area contributed by atoms with E-state index in [9.17, 15) is 33.3 Å². The van der Waals surface area contributed by atoms with E-state index in [1.165, 1.54) is 40.3 Å². The van der Waals surface area contributed by atoms with Gasteiger partial charge in [-0.1, -0.05) is 89.0 Å². The lowest BCUT2D eigenvalue weighted by Crippen LogP contribution is -2.54. The summed E-state index contributed by atoms with van der Waals surface area (Å²) < 4.78 is 63.1. The summed E-state index contributed by atoms with van der Waals surface area (Å²) in [6, 6.07) is 2.38. The molecule has 9 atom stereocenters. The Balaban J connectivity index is 1.76. The van der Waals surface area contributed by atoms with Gasteiger partial charge in [-0.3, -0.25) is 47.4 Å². The normalized spacial score (nSPS) is 25.1. The minimum atomic E-state index is -4.14. The third-order valence-electron chi connectivity index (χ3n) is 13.2. The highest BCUT2D eigenvalue weighted by Gasteiger charge is 2.57. The zero-order valence-corrected chi connectivity index (χ0v) is 43.8. The second-order valence-electron chi connectivity index (χ2n) is 19.9. The molecule has 4 rings (SSSR count). The minimum absolute atomic E-state index is 0.0291. The van der Waals surface area contributed by atoms with Crippen molar-refractivity contribution >= 4 is 36.0 Å². The van der Waals surface area contributed by atoms with Crippen LogP contribution in [0.1, 0.15) is 134 Å². The van der Waals surface area contributed by atoms with Crippen molar-refractivity contribution in [2.45, 2.75) is 205 Å². The molecular formula is C44H75N4O14PSi2. The van der Waals surface area contributed by atoms with Crippen molar-refractivity contribution in [3.63, 3.8) is 0 Å². The summed E-state index contributed by atoms with van der Waals surface area (Å²) >= 11 is 0. The number of ether oxygens (including phenoxy) is 3. The second kappa shape index (κ2) is 22.4. The molecule has 3 unspecified atom stereocenters. The Bertz CT molecular complexity index is 2190. The molecule has 0 saturated carbocycles. The first kappa shape index (κ1) is 54.5. The first-order chi connectivity index (χ1) is 30.2. The summed E-state index contributed by atoms with van der Waals surface area (Å²) in [6.45, 7) is 27.4. The molecule has 0 aromatic carbocycles. The summed E-state index contributed by atoms with van der Waals surface area (Å²) in [6.07, 6.45) is -2.95. The fraction of sp³-hybridized carbons (Fsp3) is 0.773. The summed E-state index contributed by atoms with van der Waals surface area (Å²) in [5, 5.41) is -0.298. The van der Waals surface area contributed by atoms with Crippen LogP contribution in [0.4, 0.5) is 0 Å².